The third-order valence-corrected chi connectivity index (χ3v) is 4.47. The summed E-state index contributed by atoms with van der Waals surface area (Å²) in [7, 11) is 0. The molecule has 0 radical (unpaired) electrons. The van der Waals surface area contributed by atoms with Crippen molar-refractivity contribution >= 4 is 34.0 Å². The zero-order valence-electron chi connectivity index (χ0n) is 13.7. The number of benzene rings is 1. The molecule has 2 aromatic rings. The minimum atomic E-state index is -0.0607. The first-order chi connectivity index (χ1) is 11.6. The van der Waals surface area contributed by atoms with Crippen LogP contribution in [0.1, 0.15) is 26.7 Å². The van der Waals surface area contributed by atoms with Gasteiger partial charge in [-0.1, -0.05) is 13.8 Å². The van der Waals surface area contributed by atoms with Crippen LogP contribution in [0.4, 0.5) is 10.8 Å². The fourth-order valence-electron chi connectivity index (χ4n) is 2.50. The van der Waals surface area contributed by atoms with Gasteiger partial charge in [0.05, 0.1) is 11.4 Å². The minimum Gasteiger partial charge on any atom is -0.482 e. The van der Waals surface area contributed by atoms with Gasteiger partial charge in [0.25, 0.3) is 5.91 Å². The molecule has 0 bridgehead atoms. The van der Waals surface area contributed by atoms with E-state index >= 15 is 0 Å². The van der Waals surface area contributed by atoms with E-state index in [2.05, 4.69) is 10.3 Å². The Morgan fingerprint density at radius 2 is 2.25 bits per heavy atom. The standard InChI is InChI=1S/C17H19N3O3S/c1-3-7-20-13-8-11(5-6-14(13)23-9-16(20)22)12-10-24-17(18-12)19-15(21)4-2/h5-6,8,10H,3-4,7,9H2,1-2H3,(H,18,19,21). The number of nitrogens with zero attached hydrogens (tertiary/aromatic N) is 2. The number of amides is 2. The Kier molecular flexibility index (Phi) is 4.80. The molecule has 126 valence electrons. The van der Waals surface area contributed by atoms with Gasteiger partial charge in [-0.25, -0.2) is 4.98 Å². The van der Waals surface area contributed by atoms with Gasteiger partial charge in [0.1, 0.15) is 5.75 Å². The lowest BCUT2D eigenvalue weighted by molar-refractivity contribution is -0.121. The molecular formula is C17H19N3O3S. The number of carbonyl (C=O) groups is 2. The molecule has 2 heterocycles. The van der Waals surface area contributed by atoms with Crippen LogP contribution in [-0.2, 0) is 9.59 Å². The Labute approximate surface area is 144 Å². The van der Waals surface area contributed by atoms with Crippen molar-refractivity contribution in [2.75, 3.05) is 23.4 Å². The van der Waals surface area contributed by atoms with Crippen molar-refractivity contribution in [3.8, 4) is 17.0 Å². The van der Waals surface area contributed by atoms with Gasteiger partial charge in [-0.2, -0.15) is 0 Å². The molecule has 2 amide bonds. The molecule has 0 spiro atoms. The minimum absolute atomic E-state index is 0.0318. The highest BCUT2D eigenvalue weighted by atomic mass is 32.1. The molecule has 0 saturated heterocycles. The topological polar surface area (TPSA) is 71.5 Å². The molecule has 0 unspecified atom stereocenters. The van der Waals surface area contributed by atoms with E-state index in [1.165, 1.54) is 11.3 Å². The number of aromatic nitrogens is 1. The maximum Gasteiger partial charge on any atom is 0.265 e. The van der Waals surface area contributed by atoms with E-state index in [0.717, 1.165) is 23.4 Å². The average Bonchev–Trinajstić information content (AvgIpc) is 3.05. The Morgan fingerprint density at radius 1 is 1.42 bits per heavy atom. The monoisotopic (exact) mass is 345 g/mol. The highest BCUT2D eigenvalue weighted by Crippen LogP contribution is 2.36. The maximum atomic E-state index is 12.1. The van der Waals surface area contributed by atoms with Gasteiger partial charge in [0.15, 0.2) is 11.7 Å². The summed E-state index contributed by atoms with van der Waals surface area (Å²) in [5.74, 6) is 0.617. The van der Waals surface area contributed by atoms with E-state index in [-0.39, 0.29) is 18.4 Å². The van der Waals surface area contributed by atoms with Gasteiger partial charge in [0.2, 0.25) is 5.91 Å². The van der Waals surface area contributed by atoms with Crippen LogP contribution in [0.3, 0.4) is 0 Å². The Hall–Kier alpha value is -2.41. The quantitative estimate of drug-likeness (QED) is 0.902. The molecule has 0 aliphatic carbocycles. The lowest BCUT2D eigenvalue weighted by Gasteiger charge is -2.29. The first-order valence-corrected chi connectivity index (χ1v) is 8.83. The molecule has 7 heteroatoms. The number of hydrogen-bond acceptors (Lipinski definition) is 5. The molecule has 1 aromatic heterocycles. The van der Waals surface area contributed by atoms with Crippen LogP contribution < -0.4 is 15.0 Å². The smallest absolute Gasteiger partial charge is 0.265 e. The summed E-state index contributed by atoms with van der Waals surface area (Å²) in [6.45, 7) is 4.58. The van der Waals surface area contributed by atoms with Crippen LogP contribution in [0.2, 0.25) is 0 Å². The number of anilines is 2. The van der Waals surface area contributed by atoms with E-state index in [1.54, 1.807) is 11.8 Å². The molecule has 1 aliphatic rings. The van der Waals surface area contributed by atoms with Crippen molar-refractivity contribution in [2.45, 2.75) is 26.7 Å². The van der Waals surface area contributed by atoms with E-state index < -0.39 is 0 Å². The summed E-state index contributed by atoms with van der Waals surface area (Å²) in [4.78, 5) is 29.8. The van der Waals surface area contributed by atoms with Crippen LogP contribution in [0.5, 0.6) is 5.75 Å². The number of ether oxygens (including phenoxy) is 1. The molecule has 0 fully saturated rings. The third kappa shape index (κ3) is 3.26. The number of nitrogens with one attached hydrogen (secondary N) is 1. The summed E-state index contributed by atoms with van der Waals surface area (Å²) >= 11 is 1.38. The second kappa shape index (κ2) is 7.00. The summed E-state index contributed by atoms with van der Waals surface area (Å²) in [5, 5.41) is 5.23. The van der Waals surface area contributed by atoms with Gasteiger partial charge in [0, 0.05) is 23.9 Å². The molecule has 1 N–H and O–H groups in total. The van der Waals surface area contributed by atoms with E-state index in [0.29, 0.717) is 23.8 Å². The van der Waals surface area contributed by atoms with Gasteiger partial charge in [-0.15, -0.1) is 11.3 Å². The van der Waals surface area contributed by atoms with E-state index in [4.69, 9.17) is 4.74 Å². The van der Waals surface area contributed by atoms with E-state index in [1.807, 2.05) is 30.5 Å². The highest BCUT2D eigenvalue weighted by molar-refractivity contribution is 7.14. The lowest BCUT2D eigenvalue weighted by Crippen LogP contribution is -2.39. The first-order valence-electron chi connectivity index (χ1n) is 7.95. The third-order valence-electron chi connectivity index (χ3n) is 3.72. The fraction of sp³-hybridized carbons (Fsp3) is 0.353. The predicted octanol–water partition coefficient (Wildman–Crippen LogP) is 3.29. The van der Waals surface area contributed by atoms with Crippen LogP contribution in [0.15, 0.2) is 23.6 Å². The second-order valence-corrected chi connectivity index (χ2v) is 6.31. The predicted molar refractivity (Wildman–Crippen MR) is 94.6 cm³/mol. The Morgan fingerprint density at radius 3 is 3.00 bits per heavy atom. The Balaban J connectivity index is 1.90. The van der Waals surface area contributed by atoms with Crippen LogP contribution in [-0.4, -0.2) is 29.9 Å². The first kappa shape index (κ1) is 16.4. The van der Waals surface area contributed by atoms with Gasteiger partial charge < -0.3 is 15.0 Å². The van der Waals surface area contributed by atoms with Crippen LogP contribution in [0.25, 0.3) is 11.3 Å². The summed E-state index contributed by atoms with van der Waals surface area (Å²) in [6, 6.07) is 5.70. The van der Waals surface area contributed by atoms with Crippen LogP contribution >= 0.6 is 11.3 Å². The average molecular weight is 345 g/mol. The van der Waals surface area contributed by atoms with Crippen molar-refractivity contribution in [3.05, 3.63) is 23.6 Å². The number of rotatable bonds is 5. The molecular weight excluding hydrogens is 326 g/mol. The number of carbonyl (C=O) groups excluding carboxylic acids is 2. The molecule has 6 nitrogen and oxygen atoms in total. The van der Waals surface area contributed by atoms with Gasteiger partial charge >= 0.3 is 0 Å². The lowest BCUT2D eigenvalue weighted by atomic mass is 10.1. The van der Waals surface area contributed by atoms with Crippen molar-refractivity contribution < 1.29 is 14.3 Å². The fourth-order valence-corrected chi connectivity index (χ4v) is 3.24. The second-order valence-electron chi connectivity index (χ2n) is 5.46. The SMILES string of the molecule is CCCN1C(=O)COc2ccc(-c3csc(NC(=O)CC)n3)cc21. The molecule has 1 aromatic carbocycles. The van der Waals surface area contributed by atoms with Crippen molar-refractivity contribution in [1.82, 2.24) is 4.98 Å². The zero-order valence-corrected chi connectivity index (χ0v) is 14.5. The zero-order chi connectivity index (χ0) is 17.1. The molecule has 3 rings (SSSR count). The molecule has 0 saturated carbocycles. The highest BCUT2D eigenvalue weighted by Gasteiger charge is 2.25. The molecule has 24 heavy (non-hydrogen) atoms. The summed E-state index contributed by atoms with van der Waals surface area (Å²) in [6.07, 6.45) is 1.29. The normalized spacial score (nSPS) is 13.4. The number of thiazole rings is 1. The van der Waals surface area contributed by atoms with Crippen molar-refractivity contribution in [1.29, 1.82) is 0 Å². The van der Waals surface area contributed by atoms with Gasteiger partial charge in [-0.3, -0.25) is 9.59 Å². The summed E-state index contributed by atoms with van der Waals surface area (Å²) < 4.78 is 5.51. The van der Waals surface area contributed by atoms with Gasteiger partial charge in [-0.05, 0) is 24.6 Å². The Bertz CT molecular complexity index is 772. The maximum absolute atomic E-state index is 12.1. The van der Waals surface area contributed by atoms with Crippen molar-refractivity contribution in [2.24, 2.45) is 0 Å². The van der Waals surface area contributed by atoms with E-state index in [9.17, 15) is 9.59 Å². The summed E-state index contributed by atoms with van der Waals surface area (Å²) in [5.41, 5.74) is 2.43. The van der Waals surface area contributed by atoms with Crippen molar-refractivity contribution in [3.63, 3.8) is 0 Å². The van der Waals surface area contributed by atoms with Crippen LogP contribution in [0, 0.1) is 0 Å². The molecule has 1 aliphatic heterocycles. The number of fused-ring (bicyclic) bond motifs is 1. The number of hydrogen-bond donors (Lipinski definition) is 1. The largest absolute Gasteiger partial charge is 0.482 e. The molecule has 0 atom stereocenters.